The molecule has 2 fully saturated rings. The van der Waals surface area contributed by atoms with Crippen LogP contribution in [0.4, 0.5) is 5.69 Å². The second kappa shape index (κ2) is 6.15. The smallest absolute Gasteiger partial charge is 0.0557 e. The number of piperidine rings is 1. The number of nitrogens with one attached hydrogen (secondary N) is 1. The van der Waals surface area contributed by atoms with Gasteiger partial charge in [-0.25, -0.2) is 0 Å². The van der Waals surface area contributed by atoms with Gasteiger partial charge in [-0.2, -0.15) is 0 Å². The molecule has 3 unspecified atom stereocenters. The van der Waals surface area contributed by atoms with Gasteiger partial charge in [-0.15, -0.1) is 0 Å². The van der Waals surface area contributed by atoms with E-state index in [0.717, 1.165) is 32.0 Å². The standard InChI is InChI=1S/C17H26N2O/c1-13(20)15-9-16(18-10-14-7-8-14)12-19(11-15)17-5-3-2-4-6-17/h2-6,13-16,18,20H,7-12H2,1H3. The minimum absolute atomic E-state index is 0.230. The highest BCUT2D eigenvalue weighted by molar-refractivity contribution is 5.46. The number of anilines is 1. The average Bonchev–Trinajstić information content (AvgIpc) is 3.30. The summed E-state index contributed by atoms with van der Waals surface area (Å²) in [6.45, 7) is 5.10. The molecule has 3 atom stereocenters. The fourth-order valence-electron chi connectivity index (χ4n) is 3.14. The molecule has 1 aliphatic carbocycles. The normalized spacial score (nSPS) is 28.4. The summed E-state index contributed by atoms with van der Waals surface area (Å²) in [6, 6.07) is 11.1. The number of aliphatic hydroxyl groups is 1. The molecule has 3 heteroatoms. The molecular formula is C17H26N2O. The molecule has 0 radical (unpaired) electrons. The number of hydrogen-bond donors (Lipinski definition) is 2. The summed E-state index contributed by atoms with van der Waals surface area (Å²) in [5, 5.41) is 13.7. The van der Waals surface area contributed by atoms with Crippen molar-refractivity contribution < 1.29 is 5.11 Å². The van der Waals surface area contributed by atoms with Crippen molar-refractivity contribution in [1.29, 1.82) is 0 Å². The number of nitrogens with zero attached hydrogens (tertiary/aromatic N) is 1. The Balaban J connectivity index is 1.66. The number of benzene rings is 1. The van der Waals surface area contributed by atoms with Crippen LogP contribution in [0.15, 0.2) is 30.3 Å². The van der Waals surface area contributed by atoms with Gasteiger partial charge in [-0.05, 0) is 50.8 Å². The van der Waals surface area contributed by atoms with Crippen molar-refractivity contribution in [2.45, 2.75) is 38.3 Å². The fourth-order valence-corrected chi connectivity index (χ4v) is 3.14. The lowest BCUT2D eigenvalue weighted by Gasteiger charge is -2.40. The number of rotatable bonds is 5. The molecule has 2 aliphatic rings. The summed E-state index contributed by atoms with van der Waals surface area (Å²) in [5.41, 5.74) is 1.27. The van der Waals surface area contributed by atoms with Crippen LogP contribution in [0, 0.1) is 11.8 Å². The summed E-state index contributed by atoms with van der Waals surface area (Å²) in [5.74, 6) is 1.27. The van der Waals surface area contributed by atoms with Gasteiger partial charge >= 0.3 is 0 Å². The first kappa shape index (κ1) is 13.9. The molecule has 110 valence electrons. The van der Waals surface area contributed by atoms with E-state index in [4.69, 9.17) is 0 Å². The van der Waals surface area contributed by atoms with E-state index in [9.17, 15) is 5.11 Å². The number of hydrogen-bond acceptors (Lipinski definition) is 3. The third-order valence-electron chi connectivity index (χ3n) is 4.68. The number of para-hydroxylation sites is 1. The Labute approximate surface area is 122 Å². The molecular weight excluding hydrogens is 248 g/mol. The average molecular weight is 274 g/mol. The third-order valence-corrected chi connectivity index (χ3v) is 4.68. The van der Waals surface area contributed by atoms with Gasteiger partial charge in [0.1, 0.15) is 0 Å². The monoisotopic (exact) mass is 274 g/mol. The fraction of sp³-hybridized carbons (Fsp3) is 0.647. The Bertz CT molecular complexity index is 416. The summed E-state index contributed by atoms with van der Waals surface area (Å²) in [6.07, 6.45) is 3.64. The molecule has 1 aromatic carbocycles. The van der Waals surface area contributed by atoms with Crippen molar-refractivity contribution in [2.24, 2.45) is 11.8 Å². The van der Waals surface area contributed by atoms with Crippen LogP contribution in [0.3, 0.4) is 0 Å². The first-order chi connectivity index (χ1) is 9.72. The largest absolute Gasteiger partial charge is 0.393 e. The Kier molecular flexibility index (Phi) is 4.27. The minimum atomic E-state index is -0.230. The predicted octanol–water partition coefficient (Wildman–Crippen LogP) is 2.26. The van der Waals surface area contributed by atoms with Crippen molar-refractivity contribution in [1.82, 2.24) is 5.32 Å². The summed E-state index contributed by atoms with van der Waals surface area (Å²) >= 11 is 0. The second-order valence-electron chi connectivity index (χ2n) is 6.53. The van der Waals surface area contributed by atoms with Crippen LogP contribution in [-0.2, 0) is 0 Å². The van der Waals surface area contributed by atoms with Crippen LogP contribution < -0.4 is 10.2 Å². The maximum absolute atomic E-state index is 9.99. The zero-order valence-corrected chi connectivity index (χ0v) is 12.3. The summed E-state index contributed by atoms with van der Waals surface area (Å²) in [7, 11) is 0. The van der Waals surface area contributed by atoms with Crippen LogP contribution in [0.2, 0.25) is 0 Å². The van der Waals surface area contributed by atoms with Gasteiger partial charge < -0.3 is 15.3 Å². The van der Waals surface area contributed by atoms with Gasteiger partial charge in [0.05, 0.1) is 6.10 Å². The van der Waals surface area contributed by atoms with E-state index in [1.807, 2.05) is 6.92 Å². The molecule has 1 saturated carbocycles. The highest BCUT2D eigenvalue weighted by Gasteiger charge is 2.31. The maximum atomic E-state index is 9.99. The van der Waals surface area contributed by atoms with E-state index in [2.05, 4.69) is 40.5 Å². The van der Waals surface area contributed by atoms with Crippen LogP contribution in [-0.4, -0.2) is 36.9 Å². The van der Waals surface area contributed by atoms with Crippen molar-refractivity contribution in [2.75, 3.05) is 24.5 Å². The maximum Gasteiger partial charge on any atom is 0.0557 e. The van der Waals surface area contributed by atoms with Crippen LogP contribution in [0.5, 0.6) is 0 Å². The lowest BCUT2D eigenvalue weighted by atomic mass is 9.89. The summed E-state index contributed by atoms with van der Waals surface area (Å²) < 4.78 is 0. The van der Waals surface area contributed by atoms with Crippen molar-refractivity contribution in [3.63, 3.8) is 0 Å². The van der Waals surface area contributed by atoms with Crippen molar-refractivity contribution in [3.8, 4) is 0 Å². The predicted molar refractivity (Wildman–Crippen MR) is 83.0 cm³/mol. The highest BCUT2D eigenvalue weighted by Crippen LogP contribution is 2.29. The Morgan fingerprint density at radius 2 is 2.00 bits per heavy atom. The van der Waals surface area contributed by atoms with Gasteiger partial charge in [0, 0.05) is 30.7 Å². The van der Waals surface area contributed by atoms with E-state index in [0.29, 0.717) is 12.0 Å². The SMILES string of the molecule is CC(O)C1CC(NCC2CC2)CN(c2ccccc2)C1. The van der Waals surface area contributed by atoms with Crippen LogP contribution in [0.25, 0.3) is 0 Å². The molecule has 3 nitrogen and oxygen atoms in total. The zero-order valence-electron chi connectivity index (χ0n) is 12.3. The van der Waals surface area contributed by atoms with Crippen molar-refractivity contribution >= 4 is 5.69 Å². The second-order valence-corrected chi connectivity index (χ2v) is 6.53. The first-order valence-electron chi connectivity index (χ1n) is 7.94. The molecule has 0 spiro atoms. The lowest BCUT2D eigenvalue weighted by molar-refractivity contribution is 0.106. The topological polar surface area (TPSA) is 35.5 Å². The quantitative estimate of drug-likeness (QED) is 0.864. The van der Waals surface area contributed by atoms with Gasteiger partial charge in [0.25, 0.3) is 0 Å². The molecule has 0 aromatic heterocycles. The Hall–Kier alpha value is -1.06. The third kappa shape index (κ3) is 3.53. The molecule has 1 aromatic rings. The van der Waals surface area contributed by atoms with E-state index < -0.39 is 0 Å². The minimum Gasteiger partial charge on any atom is -0.393 e. The van der Waals surface area contributed by atoms with E-state index in [1.54, 1.807) is 0 Å². The van der Waals surface area contributed by atoms with E-state index in [-0.39, 0.29) is 6.10 Å². The molecule has 0 amide bonds. The number of aliphatic hydroxyl groups excluding tert-OH is 1. The van der Waals surface area contributed by atoms with Crippen molar-refractivity contribution in [3.05, 3.63) is 30.3 Å². The van der Waals surface area contributed by atoms with E-state index in [1.165, 1.54) is 18.5 Å². The lowest BCUT2D eigenvalue weighted by Crippen LogP contribution is -2.52. The Morgan fingerprint density at radius 1 is 1.25 bits per heavy atom. The molecule has 3 rings (SSSR count). The highest BCUT2D eigenvalue weighted by atomic mass is 16.3. The molecule has 2 N–H and O–H groups in total. The first-order valence-corrected chi connectivity index (χ1v) is 7.94. The van der Waals surface area contributed by atoms with E-state index >= 15 is 0 Å². The van der Waals surface area contributed by atoms with Gasteiger partial charge in [0.2, 0.25) is 0 Å². The Morgan fingerprint density at radius 3 is 2.65 bits per heavy atom. The zero-order chi connectivity index (χ0) is 13.9. The van der Waals surface area contributed by atoms with Crippen LogP contribution in [0.1, 0.15) is 26.2 Å². The van der Waals surface area contributed by atoms with Crippen LogP contribution >= 0.6 is 0 Å². The molecule has 1 heterocycles. The van der Waals surface area contributed by atoms with Gasteiger partial charge in [0.15, 0.2) is 0 Å². The van der Waals surface area contributed by atoms with Gasteiger partial charge in [-0.1, -0.05) is 18.2 Å². The molecule has 1 saturated heterocycles. The molecule has 1 aliphatic heterocycles. The molecule has 0 bridgehead atoms. The molecule has 20 heavy (non-hydrogen) atoms. The van der Waals surface area contributed by atoms with Gasteiger partial charge in [-0.3, -0.25) is 0 Å². The summed E-state index contributed by atoms with van der Waals surface area (Å²) in [4.78, 5) is 2.42.